The van der Waals surface area contributed by atoms with Gasteiger partial charge in [0.25, 0.3) is 0 Å². The van der Waals surface area contributed by atoms with Crippen molar-refractivity contribution in [3.63, 3.8) is 0 Å². The normalized spacial score (nSPS) is 11.3. The van der Waals surface area contributed by atoms with Crippen LogP contribution in [0.25, 0.3) is 11.0 Å². The minimum atomic E-state index is -0.283. The van der Waals surface area contributed by atoms with Crippen LogP contribution in [0, 0.1) is 6.92 Å². The first kappa shape index (κ1) is 16.5. The van der Waals surface area contributed by atoms with E-state index in [2.05, 4.69) is 62.2 Å². The van der Waals surface area contributed by atoms with E-state index in [9.17, 15) is 4.79 Å². The summed E-state index contributed by atoms with van der Waals surface area (Å²) in [6.45, 7) is 5.74. The number of fused-ring (bicyclic) bond motifs is 1. The summed E-state index contributed by atoms with van der Waals surface area (Å²) in [7, 11) is 2.07. The quantitative estimate of drug-likeness (QED) is 0.657. The van der Waals surface area contributed by atoms with Gasteiger partial charge < -0.3 is 4.42 Å². The summed E-state index contributed by atoms with van der Waals surface area (Å²) in [4.78, 5) is 14.1. The van der Waals surface area contributed by atoms with Crippen molar-refractivity contribution < 1.29 is 4.42 Å². The lowest BCUT2D eigenvalue weighted by Crippen LogP contribution is -2.18. The molecule has 0 atom stereocenters. The molecule has 1 aromatic heterocycles. The molecule has 0 aliphatic heterocycles. The molecule has 0 saturated carbocycles. The van der Waals surface area contributed by atoms with E-state index < -0.39 is 0 Å². The fourth-order valence-corrected chi connectivity index (χ4v) is 2.98. The van der Waals surface area contributed by atoms with Crippen molar-refractivity contribution in [3.05, 3.63) is 81.2 Å². The Balaban J connectivity index is 1.86. The zero-order valence-corrected chi connectivity index (χ0v) is 14.5. The van der Waals surface area contributed by atoms with E-state index >= 15 is 0 Å². The van der Waals surface area contributed by atoms with Crippen LogP contribution in [-0.2, 0) is 19.5 Å². The van der Waals surface area contributed by atoms with Crippen molar-refractivity contribution in [2.24, 2.45) is 0 Å². The van der Waals surface area contributed by atoms with Crippen molar-refractivity contribution >= 4 is 11.0 Å². The zero-order chi connectivity index (χ0) is 17.1. The van der Waals surface area contributed by atoms with E-state index in [0.29, 0.717) is 12.1 Å². The van der Waals surface area contributed by atoms with Crippen LogP contribution < -0.4 is 5.63 Å². The highest BCUT2D eigenvalue weighted by Crippen LogP contribution is 2.20. The molecule has 1 heterocycles. The molecular formula is C21H23NO2. The molecule has 3 rings (SSSR count). The zero-order valence-electron chi connectivity index (χ0n) is 14.5. The van der Waals surface area contributed by atoms with E-state index in [4.69, 9.17) is 4.42 Å². The van der Waals surface area contributed by atoms with Gasteiger partial charge in [-0.05, 0) is 43.1 Å². The van der Waals surface area contributed by atoms with Crippen LogP contribution in [-0.4, -0.2) is 11.9 Å². The summed E-state index contributed by atoms with van der Waals surface area (Å²) < 4.78 is 5.38. The molecule has 0 bridgehead atoms. The van der Waals surface area contributed by atoms with Crippen LogP contribution in [0.15, 0.2) is 57.7 Å². The third-order valence-electron chi connectivity index (χ3n) is 4.32. The summed E-state index contributed by atoms with van der Waals surface area (Å²) in [5.74, 6) is 0. The van der Waals surface area contributed by atoms with Gasteiger partial charge in [0.15, 0.2) is 0 Å². The standard InChI is InChI=1S/C21H23NO2/c1-4-16-9-10-19-18(12-21(23)24-20(19)11-16)14-22(3)13-17-7-5-15(2)6-8-17/h5-12H,4,13-14H2,1-3H3. The van der Waals surface area contributed by atoms with E-state index in [-0.39, 0.29) is 5.63 Å². The Bertz CT molecular complexity index is 894. The topological polar surface area (TPSA) is 33.5 Å². The highest BCUT2D eigenvalue weighted by molar-refractivity contribution is 5.80. The van der Waals surface area contributed by atoms with Gasteiger partial charge in [0.1, 0.15) is 5.58 Å². The first-order valence-corrected chi connectivity index (χ1v) is 8.35. The molecular weight excluding hydrogens is 298 g/mol. The van der Waals surface area contributed by atoms with Gasteiger partial charge >= 0.3 is 5.63 Å². The van der Waals surface area contributed by atoms with E-state index in [0.717, 1.165) is 23.9 Å². The van der Waals surface area contributed by atoms with Crippen molar-refractivity contribution in [2.45, 2.75) is 33.4 Å². The largest absolute Gasteiger partial charge is 0.423 e. The Labute approximate surface area is 142 Å². The molecule has 0 spiro atoms. The third kappa shape index (κ3) is 3.74. The first-order valence-electron chi connectivity index (χ1n) is 8.35. The molecule has 0 saturated heterocycles. The first-order chi connectivity index (χ1) is 11.5. The van der Waals surface area contributed by atoms with Gasteiger partial charge in [-0.2, -0.15) is 0 Å². The van der Waals surface area contributed by atoms with Crippen molar-refractivity contribution in [2.75, 3.05) is 7.05 Å². The molecule has 124 valence electrons. The molecule has 3 nitrogen and oxygen atoms in total. The summed E-state index contributed by atoms with van der Waals surface area (Å²) in [5, 5.41) is 1.02. The maximum absolute atomic E-state index is 11.9. The lowest BCUT2D eigenvalue weighted by molar-refractivity contribution is 0.319. The van der Waals surface area contributed by atoms with Crippen LogP contribution in [0.5, 0.6) is 0 Å². The number of rotatable bonds is 5. The number of aryl methyl sites for hydroxylation is 2. The highest BCUT2D eigenvalue weighted by atomic mass is 16.4. The molecule has 3 aromatic rings. The van der Waals surface area contributed by atoms with Crippen LogP contribution in [0.2, 0.25) is 0 Å². The average molecular weight is 321 g/mol. The third-order valence-corrected chi connectivity index (χ3v) is 4.32. The Morgan fingerprint density at radius 3 is 2.38 bits per heavy atom. The smallest absolute Gasteiger partial charge is 0.336 e. The Hall–Kier alpha value is -2.39. The Morgan fingerprint density at radius 1 is 0.958 bits per heavy atom. The van der Waals surface area contributed by atoms with Gasteiger partial charge in [0.2, 0.25) is 0 Å². The van der Waals surface area contributed by atoms with Crippen molar-refractivity contribution in [1.82, 2.24) is 4.90 Å². The molecule has 0 fully saturated rings. The minimum absolute atomic E-state index is 0.283. The SMILES string of the molecule is CCc1ccc2c(CN(C)Cc3ccc(C)cc3)cc(=O)oc2c1. The molecule has 0 amide bonds. The van der Waals surface area contributed by atoms with E-state index in [1.807, 2.05) is 6.07 Å². The van der Waals surface area contributed by atoms with Crippen LogP contribution in [0.4, 0.5) is 0 Å². The molecule has 2 aromatic carbocycles. The van der Waals surface area contributed by atoms with E-state index in [1.165, 1.54) is 16.7 Å². The van der Waals surface area contributed by atoms with Crippen LogP contribution in [0.1, 0.15) is 29.2 Å². The van der Waals surface area contributed by atoms with Gasteiger partial charge in [-0.15, -0.1) is 0 Å². The van der Waals surface area contributed by atoms with Gasteiger partial charge in [-0.3, -0.25) is 4.90 Å². The predicted molar refractivity (Wildman–Crippen MR) is 98.2 cm³/mol. The molecule has 24 heavy (non-hydrogen) atoms. The fraction of sp³-hybridized carbons (Fsp3) is 0.286. The molecule has 0 N–H and O–H groups in total. The highest BCUT2D eigenvalue weighted by Gasteiger charge is 2.09. The summed E-state index contributed by atoms with van der Waals surface area (Å²) >= 11 is 0. The maximum atomic E-state index is 11.9. The van der Waals surface area contributed by atoms with Crippen molar-refractivity contribution in [1.29, 1.82) is 0 Å². The summed E-state index contributed by atoms with van der Waals surface area (Å²) in [6, 6.07) is 16.3. The predicted octanol–water partition coefficient (Wildman–Crippen LogP) is 4.30. The number of hydrogen-bond donors (Lipinski definition) is 0. The monoisotopic (exact) mass is 321 g/mol. The molecule has 0 radical (unpaired) electrons. The minimum Gasteiger partial charge on any atom is -0.423 e. The fourth-order valence-electron chi connectivity index (χ4n) is 2.98. The molecule has 0 unspecified atom stereocenters. The molecule has 3 heteroatoms. The number of nitrogens with zero attached hydrogens (tertiary/aromatic N) is 1. The van der Waals surface area contributed by atoms with Gasteiger partial charge in [-0.25, -0.2) is 4.79 Å². The van der Waals surface area contributed by atoms with Gasteiger partial charge in [0.05, 0.1) is 0 Å². The van der Waals surface area contributed by atoms with Crippen LogP contribution in [0.3, 0.4) is 0 Å². The average Bonchev–Trinajstić information content (AvgIpc) is 2.56. The summed E-state index contributed by atoms with van der Waals surface area (Å²) in [6.07, 6.45) is 0.928. The van der Waals surface area contributed by atoms with E-state index in [1.54, 1.807) is 6.07 Å². The second-order valence-electron chi connectivity index (χ2n) is 6.43. The lowest BCUT2D eigenvalue weighted by Gasteiger charge is -2.18. The second-order valence-corrected chi connectivity index (χ2v) is 6.43. The second kappa shape index (κ2) is 7.02. The molecule has 0 aliphatic rings. The lowest BCUT2D eigenvalue weighted by atomic mass is 10.1. The molecule has 0 aliphatic carbocycles. The Kier molecular flexibility index (Phi) is 4.81. The maximum Gasteiger partial charge on any atom is 0.336 e. The van der Waals surface area contributed by atoms with Gasteiger partial charge in [-0.1, -0.05) is 48.9 Å². The number of hydrogen-bond acceptors (Lipinski definition) is 3. The van der Waals surface area contributed by atoms with Crippen LogP contribution >= 0.6 is 0 Å². The Morgan fingerprint density at radius 2 is 1.67 bits per heavy atom. The number of benzene rings is 2. The van der Waals surface area contributed by atoms with Gasteiger partial charge in [0, 0.05) is 24.5 Å². The summed E-state index contributed by atoms with van der Waals surface area (Å²) in [5.41, 5.74) is 5.12. The van der Waals surface area contributed by atoms with Crippen molar-refractivity contribution in [3.8, 4) is 0 Å².